The first-order valence-corrected chi connectivity index (χ1v) is 8.21. The van der Waals surface area contributed by atoms with E-state index < -0.39 is 0 Å². The van der Waals surface area contributed by atoms with E-state index in [9.17, 15) is 4.79 Å². The first-order chi connectivity index (χ1) is 10.6. The summed E-state index contributed by atoms with van der Waals surface area (Å²) in [7, 11) is 1.93. The van der Waals surface area contributed by atoms with E-state index in [1.807, 2.05) is 11.6 Å². The summed E-state index contributed by atoms with van der Waals surface area (Å²) < 4.78 is 3.08. The van der Waals surface area contributed by atoms with Crippen LogP contribution in [-0.4, -0.2) is 10.5 Å². The second kappa shape index (κ2) is 6.07. The van der Waals surface area contributed by atoms with E-state index in [1.54, 1.807) is 24.3 Å². The van der Waals surface area contributed by atoms with Gasteiger partial charge in [-0.15, -0.1) is 0 Å². The third-order valence-electron chi connectivity index (χ3n) is 3.55. The largest absolute Gasteiger partial charge is 0.319 e. The standard InChI is InChI=1S/C17H15ClN2OS/c1-3-11-7-8-14-15(9-11)22-17(20(14)2)19-16(21)12-5-4-6-13(18)10-12/h4-10H,3H2,1-2H3. The average molecular weight is 331 g/mol. The number of carbonyl (C=O) groups excluding carboxylic acids is 1. The number of aromatic nitrogens is 1. The Morgan fingerprint density at radius 3 is 2.82 bits per heavy atom. The number of thiazole rings is 1. The van der Waals surface area contributed by atoms with Gasteiger partial charge in [0.25, 0.3) is 5.91 Å². The third kappa shape index (κ3) is 2.85. The van der Waals surface area contributed by atoms with Crippen LogP contribution in [0.25, 0.3) is 10.2 Å². The molecule has 1 aromatic heterocycles. The maximum Gasteiger partial charge on any atom is 0.279 e. The van der Waals surface area contributed by atoms with Crippen LogP contribution in [0.5, 0.6) is 0 Å². The van der Waals surface area contributed by atoms with Gasteiger partial charge in [-0.05, 0) is 42.3 Å². The van der Waals surface area contributed by atoms with Gasteiger partial charge in [-0.2, -0.15) is 4.99 Å². The van der Waals surface area contributed by atoms with E-state index in [0.717, 1.165) is 16.6 Å². The lowest BCUT2D eigenvalue weighted by molar-refractivity contribution is 0.0998. The highest BCUT2D eigenvalue weighted by Crippen LogP contribution is 2.19. The molecule has 22 heavy (non-hydrogen) atoms. The van der Waals surface area contributed by atoms with Crippen molar-refractivity contribution < 1.29 is 4.79 Å². The number of rotatable bonds is 2. The number of hydrogen-bond acceptors (Lipinski definition) is 2. The molecule has 0 saturated carbocycles. The van der Waals surface area contributed by atoms with E-state index in [4.69, 9.17) is 11.6 Å². The molecule has 3 rings (SSSR count). The number of hydrogen-bond donors (Lipinski definition) is 0. The molecule has 1 amide bonds. The Bertz CT molecular complexity index is 924. The number of benzene rings is 2. The lowest BCUT2D eigenvalue weighted by Crippen LogP contribution is -2.13. The number of carbonyl (C=O) groups is 1. The summed E-state index contributed by atoms with van der Waals surface area (Å²) in [5.41, 5.74) is 2.86. The molecule has 0 N–H and O–H groups in total. The predicted octanol–water partition coefficient (Wildman–Crippen LogP) is 4.20. The van der Waals surface area contributed by atoms with E-state index in [0.29, 0.717) is 15.4 Å². The van der Waals surface area contributed by atoms with Gasteiger partial charge in [-0.25, -0.2) is 0 Å². The highest BCUT2D eigenvalue weighted by atomic mass is 35.5. The van der Waals surface area contributed by atoms with E-state index in [-0.39, 0.29) is 5.91 Å². The van der Waals surface area contributed by atoms with Gasteiger partial charge >= 0.3 is 0 Å². The van der Waals surface area contributed by atoms with E-state index in [2.05, 4.69) is 30.1 Å². The maximum atomic E-state index is 12.3. The third-order valence-corrected chi connectivity index (χ3v) is 4.88. The van der Waals surface area contributed by atoms with Crippen molar-refractivity contribution in [2.24, 2.45) is 12.0 Å². The molecule has 0 aliphatic rings. The molecular formula is C17H15ClN2OS. The van der Waals surface area contributed by atoms with Crippen molar-refractivity contribution in [1.82, 2.24) is 4.57 Å². The Labute approximate surface area is 137 Å². The van der Waals surface area contributed by atoms with Crippen LogP contribution in [-0.2, 0) is 13.5 Å². The Kier molecular flexibility index (Phi) is 4.14. The number of fused-ring (bicyclic) bond motifs is 1. The van der Waals surface area contributed by atoms with Gasteiger partial charge in [-0.1, -0.05) is 42.0 Å². The summed E-state index contributed by atoms with van der Waals surface area (Å²) >= 11 is 7.45. The Hall–Kier alpha value is -1.91. The normalized spacial score (nSPS) is 12.0. The fourth-order valence-electron chi connectivity index (χ4n) is 2.28. The number of amides is 1. The van der Waals surface area contributed by atoms with Gasteiger partial charge < -0.3 is 4.57 Å². The molecule has 0 aliphatic heterocycles. The Morgan fingerprint density at radius 2 is 2.09 bits per heavy atom. The lowest BCUT2D eigenvalue weighted by Gasteiger charge is -1.98. The number of aryl methyl sites for hydroxylation is 2. The second-order valence-electron chi connectivity index (χ2n) is 5.03. The molecule has 5 heteroatoms. The smallest absolute Gasteiger partial charge is 0.279 e. The zero-order valence-electron chi connectivity index (χ0n) is 12.3. The fraction of sp³-hybridized carbons (Fsp3) is 0.176. The number of nitrogens with zero attached hydrogens (tertiary/aromatic N) is 2. The minimum atomic E-state index is -0.277. The quantitative estimate of drug-likeness (QED) is 0.693. The van der Waals surface area contributed by atoms with Crippen LogP contribution in [0.3, 0.4) is 0 Å². The summed E-state index contributed by atoms with van der Waals surface area (Å²) in [6, 6.07) is 13.2. The van der Waals surface area contributed by atoms with Crippen molar-refractivity contribution in [3.8, 4) is 0 Å². The molecule has 0 aliphatic carbocycles. The molecule has 0 spiro atoms. The van der Waals surface area contributed by atoms with Crippen LogP contribution >= 0.6 is 22.9 Å². The first kappa shape index (κ1) is 15.0. The Morgan fingerprint density at radius 1 is 1.27 bits per heavy atom. The summed E-state index contributed by atoms with van der Waals surface area (Å²) in [5.74, 6) is -0.277. The zero-order valence-corrected chi connectivity index (χ0v) is 13.9. The van der Waals surface area contributed by atoms with Crippen LogP contribution in [0, 0.1) is 0 Å². The molecule has 3 aromatic rings. The van der Waals surface area contributed by atoms with Gasteiger partial charge in [-0.3, -0.25) is 4.79 Å². The van der Waals surface area contributed by atoms with Gasteiger partial charge in [0.1, 0.15) is 0 Å². The lowest BCUT2D eigenvalue weighted by atomic mass is 10.2. The minimum Gasteiger partial charge on any atom is -0.319 e. The highest BCUT2D eigenvalue weighted by molar-refractivity contribution is 7.16. The average Bonchev–Trinajstić information content (AvgIpc) is 2.82. The predicted molar refractivity (Wildman–Crippen MR) is 91.5 cm³/mol. The summed E-state index contributed by atoms with van der Waals surface area (Å²) in [6.07, 6.45) is 0.992. The fourth-order valence-corrected chi connectivity index (χ4v) is 3.55. The summed E-state index contributed by atoms with van der Waals surface area (Å²) in [5, 5.41) is 0.536. The van der Waals surface area contributed by atoms with E-state index in [1.165, 1.54) is 16.9 Å². The molecule has 0 unspecified atom stereocenters. The van der Waals surface area contributed by atoms with Crippen LogP contribution in [0.15, 0.2) is 47.5 Å². The molecule has 3 nitrogen and oxygen atoms in total. The molecule has 112 valence electrons. The number of halogens is 1. The highest BCUT2D eigenvalue weighted by Gasteiger charge is 2.08. The van der Waals surface area contributed by atoms with Crippen molar-refractivity contribution in [3.05, 3.63) is 63.4 Å². The van der Waals surface area contributed by atoms with Gasteiger partial charge in [0.2, 0.25) is 0 Å². The summed E-state index contributed by atoms with van der Waals surface area (Å²) in [4.78, 5) is 17.2. The van der Waals surface area contributed by atoms with Crippen LogP contribution in [0.2, 0.25) is 5.02 Å². The zero-order chi connectivity index (χ0) is 15.7. The Balaban J connectivity index is 2.09. The molecular weight excluding hydrogens is 316 g/mol. The molecule has 0 radical (unpaired) electrons. The van der Waals surface area contributed by atoms with Crippen LogP contribution < -0.4 is 4.80 Å². The van der Waals surface area contributed by atoms with Gasteiger partial charge in [0.15, 0.2) is 4.80 Å². The SMILES string of the molecule is CCc1ccc2c(c1)sc(=NC(=O)c1cccc(Cl)c1)n2C. The molecule has 2 aromatic carbocycles. The minimum absolute atomic E-state index is 0.277. The summed E-state index contributed by atoms with van der Waals surface area (Å²) in [6.45, 7) is 2.13. The molecule has 0 fully saturated rings. The topological polar surface area (TPSA) is 34.4 Å². The van der Waals surface area contributed by atoms with Crippen molar-refractivity contribution in [2.45, 2.75) is 13.3 Å². The molecule has 0 atom stereocenters. The first-order valence-electron chi connectivity index (χ1n) is 7.01. The van der Waals surface area contributed by atoms with Crippen LogP contribution in [0.1, 0.15) is 22.8 Å². The molecule has 1 heterocycles. The molecule has 0 saturated heterocycles. The maximum absolute atomic E-state index is 12.3. The molecule has 0 bridgehead atoms. The van der Waals surface area contributed by atoms with Crippen molar-refractivity contribution in [2.75, 3.05) is 0 Å². The monoisotopic (exact) mass is 330 g/mol. The van der Waals surface area contributed by atoms with E-state index >= 15 is 0 Å². The second-order valence-corrected chi connectivity index (χ2v) is 6.47. The van der Waals surface area contributed by atoms with Crippen molar-refractivity contribution >= 4 is 39.1 Å². The van der Waals surface area contributed by atoms with Crippen LogP contribution in [0.4, 0.5) is 0 Å². The van der Waals surface area contributed by atoms with Gasteiger partial charge in [0.05, 0.1) is 10.2 Å². The van der Waals surface area contributed by atoms with Crippen molar-refractivity contribution in [1.29, 1.82) is 0 Å². The van der Waals surface area contributed by atoms with Gasteiger partial charge in [0, 0.05) is 17.6 Å². The van der Waals surface area contributed by atoms with Crippen molar-refractivity contribution in [3.63, 3.8) is 0 Å².